The Balaban J connectivity index is 2.54. The summed E-state index contributed by atoms with van der Waals surface area (Å²) in [6.45, 7) is -0.636. The van der Waals surface area contributed by atoms with Crippen molar-refractivity contribution in [3.05, 3.63) is 29.8 Å². The molecule has 0 aliphatic rings. The van der Waals surface area contributed by atoms with E-state index in [-0.39, 0.29) is 6.42 Å². The Hall–Kier alpha value is -2.08. The van der Waals surface area contributed by atoms with Gasteiger partial charge in [0.05, 0.1) is 13.0 Å². The van der Waals surface area contributed by atoms with Gasteiger partial charge in [0.2, 0.25) is 5.91 Å². The van der Waals surface area contributed by atoms with E-state index < -0.39 is 24.5 Å². The smallest absolute Gasteiger partial charge is 0.328 e. The third kappa shape index (κ3) is 4.12. The van der Waals surface area contributed by atoms with E-state index in [0.717, 1.165) is 5.56 Å². The van der Waals surface area contributed by atoms with E-state index in [1.807, 2.05) is 0 Å². The van der Waals surface area contributed by atoms with Crippen LogP contribution in [0.2, 0.25) is 0 Å². The van der Waals surface area contributed by atoms with Crippen molar-refractivity contribution in [2.24, 2.45) is 0 Å². The molecule has 1 aromatic carbocycles. The molecule has 6 heteroatoms. The fourth-order valence-electron chi connectivity index (χ4n) is 1.25. The lowest BCUT2D eigenvalue weighted by Gasteiger charge is -2.11. The number of aliphatic hydroxyl groups excluding tert-OH is 1. The standard InChI is InChI=1S/C11H14N2O4/c12-8-3-1-7(2-4-8)5-10(15)13-9(6-14)11(16)17/h1-4,9,14H,5-6,12H2,(H,13,15)(H,16,17)/t9-/m1/s1. The van der Waals surface area contributed by atoms with Gasteiger partial charge >= 0.3 is 5.97 Å². The number of benzene rings is 1. The molecule has 0 unspecified atom stereocenters. The number of nitrogens with one attached hydrogen (secondary N) is 1. The molecule has 0 aliphatic heterocycles. The van der Waals surface area contributed by atoms with Crippen molar-refractivity contribution >= 4 is 17.6 Å². The van der Waals surface area contributed by atoms with Gasteiger partial charge in [-0.3, -0.25) is 4.79 Å². The number of aliphatic carboxylic acids is 1. The summed E-state index contributed by atoms with van der Waals surface area (Å²) in [4.78, 5) is 22.0. The Morgan fingerprint density at radius 3 is 2.35 bits per heavy atom. The molecule has 0 spiro atoms. The largest absolute Gasteiger partial charge is 0.480 e. The number of carboxylic acid groups (broad SMARTS) is 1. The number of carbonyl (C=O) groups is 2. The minimum atomic E-state index is -1.27. The Morgan fingerprint density at radius 1 is 1.29 bits per heavy atom. The van der Waals surface area contributed by atoms with E-state index in [9.17, 15) is 9.59 Å². The van der Waals surface area contributed by atoms with Crippen LogP contribution in [0.25, 0.3) is 0 Å². The summed E-state index contributed by atoms with van der Waals surface area (Å²) in [6, 6.07) is 5.41. The maximum Gasteiger partial charge on any atom is 0.328 e. The molecule has 5 N–H and O–H groups in total. The number of amides is 1. The number of rotatable bonds is 5. The maximum absolute atomic E-state index is 11.5. The second-order valence-corrected chi connectivity index (χ2v) is 3.56. The van der Waals surface area contributed by atoms with Gasteiger partial charge in [-0.2, -0.15) is 0 Å². The lowest BCUT2D eigenvalue weighted by molar-refractivity contribution is -0.142. The Labute approximate surface area is 98.1 Å². The second kappa shape index (κ2) is 5.86. The van der Waals surface area contributed by atoms with Gasteiger partial charge in [0.25, 0.3) is 0 Å². The zero-order chi connectivity index (χ0) is 12.8. The molecule has 0 saturated heterocycles. The monoisotopic (exact) mass is 238 g/mol. The lowest BCUT2D eigenvalue weighted by Crippen LogP contribution is -2.43. The summed E-state index contributed by atoms with van der Waals surface area (Å²) in [5, 5.41) is 19.6. The number of anilines is 1. The SMILES string of the molecule is Nc1ccc(CC(=O)N[C@H](CO)C(=O)O)cc1. The van der Waals surface area contributed by atoms with Gasteiger partial charge in [-0.1, -0.05) is 12.1 Å². The van der Waals surface area contributed by atoms with Crippen molar-refractivity contribution < 1.29 is 19.8 Å². The first-order valence-electron chi connectivity index (χ1n) is 5.00. The minimum Gasteiger partial charge on any atom is -0.480 e. The molecule has 6 nitrogen and oxygen atoms in total. The van der Waals surface area contributed by atoms with Crippen LogP contribution in [0.3, 0.4) is 0 Å². The molecule has 0 aromatic heterocycles. The molecular weight excluding hydrogens is 224 g/mol. The minimum absolute atomic E-state index is 0.0457. The second-order valence-electron chi connectivity index (χ2n) is 3.56. The van der Waals surface area contributed by atoms with Gasteiger partial charge in [-0.25, -0.2) is 4.79 Å². The van der Waals surface area contributed by atoms with E-state index in [4.69, 9.17) is 15.9 Å². The summed E-state index contributed by atoms with van der Waals surface area (Å²) in [5.41, 5.74) is 6.80. The molecule has 1 amide bonds. The molecule has 0 radical (unpaired) electrons. The molecule has 17 heavy (non-hydrogen) atoms. The van der Waals surface area contributed by atoms with Gasteiger partial charge in [0, 0.05) is 5.69 Å². The highest BCUT2D eigenvalue weighted by atomic mass is 16.4. The van der Waals surface area contributed by atoms with Crippen LogP contribution in [-0.2, 0) is 16.0 Å². The molecule has 1 aromatic rings. The van der Waals surface area contributed by atoms with Crippen LogP contribution in [0.15, 0.2) is 24.3 Å². The van der Waals surface area contributed by atoms with Crippen molar-refractivity contribution in [3.8, 4) is 0 Å². The molecular formula is C11H14N2O4. The van der Waals surface area contributed by atoms with E-state index in [1.54, 1.807) is 24.3 Å². The molecule has 92 valence electrons. The van der Waals surface area contributed by atoms with Crippen molar-refractivity contribution in [1.29, 1.82) is 0 Å². The molecule has 0 saturated carbocycles. The number of nitrogen functional groups attached to an aromatic ring is 1. The quantitative estimate of drug-likeness (QED) is 0.510. The lowest BCUT2D eigenvalue weighted by atomic mass is 10.1. The van der Waals surface area contributed by atoms with E-state index in [0.29, 0.717) is 5.69 Å². The topological polar surface area (TPSA) is 113 Å². The Bertz CT molecular complexity index is 402. The Kier molecular flexibility index (Phi) is 4.47. The van der Waals surface area contributed by atoms with Gasteiger partial charge in [0.15, 0.2) is 0 Å². The van der Waals surface area contributed by atoms with Crippen LogP contribution in [0, 0.1) is 0 Å². The van der Waals surface area contributed by atoms with E-state index in [1.165, 1.54) is 0 Å². The summed E-state index contributed by atoms with van der Waals surface area (Å²) >= 11 is 0. The van der Waals surface area contributed by atoms with Crippen LogP contribution in [0.1, 0.15) is 5.56 Å². The van der Waals surface area contributed by atoms with Crippen LogP contribution in [0.4, 0.5) is 5.69 Å². The summed E-state index contributed by atoms with van der Waals surface area (Å²) < 4.78 is 0. The summed E-state index contributed by atoms with van der Waals surface area (Å²) in [6.07, 6.45) is 0.0457. The van der Waals surface area contributed by atoms with Gasteiger partial charge in [-0.05, 0) is 17.7 Å². The third-order valence-corrected chi connectivity index (χ3v) is 2.16. The first-order chi connectivity index (χ1) is 8.02. The number of nitrogens with two attached hydrogens (primary N) is 1. The number of carbonyl (C=O) groups excluding carboxylic acids is 1. The highest BCUT2D eigenvalue weighted by Crippen LogP contribution is 2.06. The van der Waals surface area contributed by atoms with Gasteiger partial charge in [-0.15, -0.1) is 0 Å². The molecule has 1 atom stereocenters. The third-order valence-electron chi connectivity index (χ3n) is 2.16. The maximum atomic E-state index is 11.5. The predicted octanol–water partition coefficient (Wildman–Crippen LogP) is -0.627. The number of hydrogen-bond acceptors (Lipinski definition) is 4. The highest BCUT2D eigenvalue weighted by molar-refractivity contribution is 5.84. The average molecular weight is 238 g/mol. The van der Waals surface area contributed by atoms with Crippen molar-refractivity contribution in [2.75, 3.05) is 12.3 Å². The average Bonchev–Trinajstić information content (AvgIpc) is 2.28. The zero-order valence-corrected chi connectivity index (χ0v) is 9.09. The number of aliphatic hydroxyl groups is 1. The first kappa shape index (κ1) is 13.0. The van der Waals surface area contributed by atoms with E-state index in [2.05, 4.69) is 5.32 Å². The summed E-state index contributed by atoms with van der Waals surface area (Å²) in [7, 11) is 0. The molecule has 0 heterocycles. The van der Waals surface area contributed by atoms with Crippen LogP contribution in [0.5, 0.6) is 0 Å². The number of carboxylic acids is 1. The van der Waals surface area contributed by atoms with E-state index >= 15 is 0 Å². The number of hydrogen-bond donors (Lipinski definition) is 4. The predicted molar refractivity (Wildman–Crippen MR) is 61.2 cm³/mol. The van der Waals surface area contributed by atoms with Crippen molar-refractivity contribution in [3.63, 3.8) is 0 Å². The van der Waals surface area contributed by atoms with Crippen LogP contribution >= 0.6 is 0 Å². The van der Waals surface area contributed by atoms with Gasteiger partial charge in [0.1, 0.15) is 6.04 Å². The molecule has 1 rings (SSSR count). The fraction of sp³-hybridized carbons (Fsp3) is 0.273. The first-order valence-corrected chi connectivity index (χ1v) is 5.00. The molecule has 0 bridgehead atoms. The normalized spacial score (nSPS) is 11.8. The van der Waals surface area contributed by atoms with Crippen molar-refractivity contribution in [1.82, 2.24) is 5.32 Å². The van der Waals surface area contributed by atoms with Crippen LogP contribution in [-0.4, -0.2) is 34.7 Å². The van der Waals surface area contributed by atoms with Gasteiger partial charge < -0.3 is 21.3 Å². The molecule has 0 aliphatic carbocycles. The fourth-order valence-corrected chi connectivity index (χ4v) is 1.25. The molecule has 0 fully saturated rings. The summed E-state index contributed by atoms with van der Waals surface area (Å²) in [5.74, 6) is -1.73. The van der Waals surface area contributed by atoms with Crippen LogP contribution < -0.4 is 11.1 Å². The Morgan fingerprint density at radius 2 is 1.88 bits per heavy atom. The highest BCUT2D eigenvalue weighted by Gasteiger charge is 2.18. The zero-order valence-electron chi connectivity index (χ0n) is 9.09. The van der Waals surface area contributed by atoms with Crippen molar-refractivity contribution in [2.45, 2.75) is 12.5 Å².